The summed E-state index contributed by atoms with van der Waals surface area (Å²) in [6.45, 7) is 0. The van der Waals surface area contributed by atoms with E-state index in [1.165, 1.54) is 62.8 Å². The highest BCUT2D eigenvalue weighted by Crippen LogP contribution is 2.66. The Morgan fingerprint density at radius 3 is 2.15 bits per heavy atom. The quantitative estimate of drug-likeness (QED) is 0.0790. The molecule has 4 aliphatic rings. The first-order valence-corrected chi connectivity index (χ1v) is 18.7. The maximum Gasteiger partial charge on any atom is 0.417 e. The highest BCUT2D eigenvalue weighted by atomic mass is 35.5. The topological polar surface area (TPSA) is 182 Å². The summed E-state index contributed by atoms with van der Waals surface area (Å²) >= 11 is 12.6. The molecule has 0 radical (unpaired) electrons. The van der Waals surface area contributed by atoms with Gasteiger partial charge in [0.15, 0.2) is 5.82 Å². The molecule has 1 aromatic heterocycles. The van der Waals surface area contributed by atoms with Crippen molar-refractivity contribution in [2.75, 3.05) is 24.5 Å². The number of nitrogens with zero attached hydrogens (tertiary/aromatic N) is 4. The van der Waals surface area contributed by atoms with E-state index in [0.717, 1.165) is 4.90 Å². The number of alkyl halides is 3. The second-order valence-electron chi connectivity index (χ2n) is 14.5. The fourth-order valence-corrected chi connectivity index (χ4v) is 9.62. The number of anilines is 2. The van der Waals surface area contributed by atoms with Crippen LogP contribution in [0.3, 0.4) is 0 Å². The third kappa shape index (κ3) is 6.04. The highest BCUT2D eigenvalue weighted by molar-refractivity contribution is 6.33. The molecule has 6 atom stereocenters. The molecule has 2 aliphatic heterocycles. The Morgan fingerprint density at radius 2 is 1.58 bits per heavy atom. The first-order valence-electron chi connectivity index (χ1n) is 17.9. The van der Waals surface area contributed by atoms with Crippen molar-refractivity contribution in [3.63, 3.8) is 0 Å². The summed E-state index contributed by atoms with van der Waals surface area (Å²) in [7, 11) is 2.65. The lowest BCUT2D eigenvalue weighted by atomic mass is 9.49. The molecule has 59 heavy (non-hydrogen) atoms. The molecule has 304 valence electrons. The molecule has 2 aliphatic carbocycles. The number of fused-ring (bicyclic) bond motifs is 4. The summed E-state index contributed by atoms with van der Waals surface area (Å²) in [5.41, 5.74) is 0.287. The van der Waals surface area contributed by atoms with Gasteiger partial charge in [-0.15, -0.1) is 0 Å². The summed E-state index contributed by atoms with van der Waals surface area (Å²) in [4.78, 5) is 74.7. The molecule has 3 heterocycles. The summed E-state index contributed by atoms with van der Waals surface area (Å²) in [6.07, 6.45) is -2.72. The number of rotatable bonds is 8. The smallest absolute Gasteiger partial charge is 0.417 e. The number of ether oxygens (including phenoxy) is 2. The van der Waals surface area contributed by atoms with Gasteiger partial charge in [-0.05, 0) is 54.7 Å². The normalized spacial score (nSPS) is 25.0. The van der Waals surface area contributed by atoms with E-state index in [2.05, 4.69) is 10.4 Å². The number of aromatic hydroxyl groups is 1. The zero-order valence-corrected chi connectivity index (χ0v) is 32.2. The van der Waals surface area contributed by atoms with Crippen LogP contribution in [0.1, 0.15) is 35.4 Å². The number of carbonyl (C=O) groups excluding carboxylic acids is 4. The van der Waals surface area contributed by atoms with Gasteiger partial charge in [-0.2, -0.15) is 18.2 Å². The van der Waals surface area contributed by atoms with Crippen LogP contribution in [0.15, 0.2) is 84.6 Å². The molecule has 2 saturated heterocycles. The van der Waals surface area contributed by atoms with Crippen LogP contribution >= 0.6 is 23.2 Å². The molecular formula is C40H30Cl2F3N5O9. The molecule has 6 unspecified atom stereocenters. The molecular weight excluding hydrogens is 822 g/mol. The lowest BCUT2D eigenvalue weighted by molar-refractivity contribution is -0.384. The van der Waals surface area contributed by atoms with E-state index < -0.39 is 86.1 Å². The van der Waals surface area contributed by atoms with Crippen LogP contribution in [0.5, 0.6) is 17.2 Å². The molecule has 14 nitrogen and oxygen atoms in total. The predicted molar refractivity (Wildman–Crippen MR) is 204 cm³/mol. The van der Waals surface area contributed by atoms with E-state index in [-0.39, 0.29) is 52.6 Å². The number of nitro groups is 1. The number of phenolic OH excluding ortho intramolecular Hbond substituents is 1. The van der Waals surface area contributed by atoms with Gasteiger partial charge in [-0.25, -0.2) is 4.98 Å². The second kappa shape index (κ2) is 14.3. The molecule has 0 spiro atoms. The number of amides is 4. The van der Waals surface area contributed by atoms with Crippen molar-refractivity contribution >= 4 is 64.0 Å². The molecule has 4 aromatic rings. The minimum absolute atomic E-state index is 0.0142. The number of nitro benzene ring substituents is 1. The van der Waals surface area contributed by atoms with Crippen LogP contribution in [-0.4, -0.2) is 57.9 Å². The highest BCUT2D eigenvalue weighted by Gasteiger charge is 2.71. The number of aromatic nitrogens is 1. The molecule has 19 heteroatoms. The number of pyridine rings is 1. The van der Waals surface area contributed by atoms with Crippen LogP contribution in [0.4, 0.5) is 30.4 Å². The van der Waals surface area contributed by atoms with E-state index in [0.29, 0.717) is 27.9 Å². The average molecular weight is 853 g/mol. The molecule has 3 aromatic carbocycles. The third-order valence-electron chi connectivity index (χ3n) is 11.7. The number of hydrazine groups is 1. The minimum Gasteiger partial charge on any atom is -0.508 e. The van der Waals surface area contributed by atoms with Crippen LogP contribution in [-0.2, 0) is 30.8 Å². The van der Waals surface area contributed by atoms with Crippen molar-refractivity contribution < 1.29 is 51.9 Å². The van der Waals surface area contributed by atoms with Crippen LogP contribution in [0, 0.1) is 33.8 Å². The Labute approximate surface area is 342 Å². The zero-order chi connectivity index (χ0) is 42.3. The maximum absolute atomic E-state index is 15.5. The van der Waals surface area contributed by atoms with Crippen molar-refractivity contribution in [3.8, 4) is 17.2 Å². The van der Waals surface area contributed by atoms with Gasteiger partial charge < -0.3 is 14.6 Å². The maximum atomic E-state index is 15.5. The Kier molecular flexibility index (Phi) is 9.58. The van der Waals surface area contributed by atoms with Gasteiger partial charge >= 0.3 is 6.18 Å². The Bertz CT molecular complexity index is 2480. The van der Waals surface area contributed by atoms with E-state index in [9.17, 15) is 42.8 Å². The van der Waals surface area contributed by atoms with Crippen LogP contribution in [0.25, 0.3) is 0 Å². The van der Waals surface area contributed by atoms with Crippen LogP contribution < -0.4 is 19.8 Å². The number of benzene rings is 3. The molecule has 2 N–H and O–H groups in total. The fraction of sp³-hybridized carbons (Fsp3) is 0.275. The van der Waals surface area contributed by atoms with E-state index in [1.807, 2.05) is 0 Å². The third-order valence-corrected chi connectivity index (χ3v) is 12.2. The van der Waals surface area contributed by atoms with E-state index in [1.54, 1.807) is 18.2 Å². The lowest BCUT2D eigenvalue weighted by Crippen LogP contribution is -2.53. The number of nitrogens with one attached hydrogen (secondary N) is 1. The van der Waals surface area contributed by atoms with Crippen molar-refractivity contribution in [2.45, 2.75) is 30.4 Å². The van der Waals surface area contributed by atoms with Gasteiger partial charge in [0.25, 0.3) is 17.5 Å². The second-order valence-corrected chi connectivity index (χ2v) is 15.3. The Balaban J connectivity index is 1.34. The largest absolute Gasteiger partial charge is 0.508 e. The van der Waals surface area contributed by atoms with Gasteiger partial charge in [0, 0.05) is 47.0 Å². The number of methoxy groups -OCH3 is 2. The predicted octanol–water partition coefficient (Wildman–Crippen LogP) is 7.23. The van der Waals surface area contributed by atoms with Gasteiger partial charge in [0.2, 0.25) is 11.8 Å². The van der Waals surface area contributed by atoms with Crippen molar-refractivity contribution in [3.05, 3.63) is 121 Å². The van der Waals surface area contributed by atoms with E-state index >= 15 is 4.79 Å². The zero-order valence-electron chi connectivity index (χ0n) is 30.7. The summed E-state index contributed by atoms with van der Waals surface area (Å²) in [6, 6.07) is 14.3. The van der Waals surface area contributed by atoms with Crippen molar-refractivity contribution in [1.29, 1.82) is 0 Å². The summed E-state index contributed by atoms with van der Waals surface area (Å²) in [5, 5.41) is 22.5. The summed E-state index contributed by atoms with van der Waals surface area (Å²) < 4.78 is 52.2. The minimum atomic E-state index is -4.80. The van der Waals surface area contributed by atoms with Crippen molar-refractivity contribution in [1.82, 2.24) is 9.99 Å². The number of allylic oxidation sites excluding steroid dienone is 2. The first kappa shape index (κ1) is 39.6. The number of imide groups is 2. The first-order chi connectivity index (χ1) is 28.0. The number of hydrogen-bond acceptors (Lipinski definition) is 11. The van der Waals surface area contributed by atoms with Gasteiger partial charge in [0.1, 0.15) is 17.2 Å². The fourth-order valence-electron chi connectivity index (χ4n) is 9.28. The Morgan fingerprint density at radius 1 is 0.932 bits per heavy atom. The lowest BCUT2D eigenvalue weighted by Gasteiger charge is -2.51. The standard InChI is InChI=1S/C40H30Cl2F3N5O9/c1-58-29-14-23(51)15-30(59-2)32(29)33-24-11-12-25-31(37(54)48(35(25)52)21-7-9-22(10-8-21)50(56)57)26(24)16-27-36(53)49(38(55)39(27,33)18-3-5-20(41)6-4-18)47-34-28(42)13-19(17-46-34)40(43,44)45/h3-11,13-15,17,25-27,31,33,51H,12,16H2,1-2H3,(H,46,47). The molecule has 0 bridgehead atoms. The summed E-state index contributed by atoms with van der Waals surface area (Å²) in [5.74, 6) is -8.99. The average Bonchev–Trinajstić information content (AvgIpc) is 3.58. The molecule has 3 fully saturated rings. The number of phenols is 1. The number of carbonyl (C=O) groups is 4. The number of halogens is 5. The molecule has 4 amide bonds. The SMILES string of the molecule is COc1cc(O)cc(OC)c1C1C2=CCC3C(=O)N(c4ccc([N+](=O)[O-])cc4)C(=O)C3C2CC2C(=O)N(Nc3ncc(C(F)(F)F)cc3Cl)C(=O)C21c1ccc(Cl)cc1. The Hall–Kier alpha value is -6.20. The van der Waals surface area contributed by atoms with Crippen LogP contribution in [0.2, 0.25) is 10.0 Å². The molecule has 1 saturated carbocycles. The van der Waals surface area contributed by atoms with Crippen molar-refractivity contribution in [2.24, 2.45) is 23.7 Å². The van der Waals surface area contributed by atoms with Gasteiger partial charge in [0.05, 0.1) is 58.6 Å². The number of non-ortho nitro benzene ring substituents is 1. The van der Waals surface area contributed by atoms with Gasteiger partial charge in [-0.1, -0.05) is 47.0 Å². The van der Waals surface area contributed by atoms with Gasteiger partial charge in [-0.3, -0.25) is 39.6 Å². The number of hydrogen-bond donors (Lipinski definition) is 2. The van der Waals surface area contributed by atoms with E-state index in [4.69, 9.17) is 32.7 Å². The monoisotopic (exact) mass is 851 g/mol. The molecule has 8 rings (SSSR count).